The second kappa shape index (κ2) is 8.06. The van der Waals surface area contributed by atoms with Gasteiger partial charge in [0, 0.05) is 11.4 Å². The van der Waals surface area contributed by atoms with Crippen LogP contribution >= 0.6 is 0 Å². The van der Waals surface area contributed by atoms with Gasteiger partial charge in [-0.2, -0.15) is 10.2 Å². The number of hydrazone groups is 2. The van der Waals surface area contributed by atoms with Gasteiger partial charge >= 0.3 is 11.8 Å². The maximum absolute atomic E-state index is 11.7. The molecule has 2 atom stereocenters. The fourth-order valence-electron chi connectivity index (χ4n) is 3.02. The maximum atomic E-state index is 11.7. The Balaban J connectivity index is 1.83. The molecule has 0 spiro atoms. The lowest BCUT2D eigenvalue weighted by Gasteiger charge is -2.20. The number of nitrogens with zero attached hydrogens (tertiary/aromatic N) is 2. The van der Waals surface area contributed by atoms with Crippen molar-refractivity contribution in [3.8, 4) is 0 Å². The highest BCUT2D eigenvalue weighted by Gasteiger charge is 2.19. The van der Waals surface area contributed by atoms with E-state index in [0.717, 1.165) is 49.9 Å². The standard InChI is InChI=1S/C16H26N4O2/c1-11-7-3-5-9-13(11)17-19-15(21)16(22)20-18-14-10-6-4-8-12(14)2/h11-12H,3-10H2,1-2H3,(H,19,21)(H,20,22)/b17-13-,18-14-/t11-,12-/m0/s1. The van der Waals surface area contributed by atoms with Crippen molar-refractivity contribution in [2.75, 3.05) is 0 Å². The number of carbonyl (C=O) groups excluding carboxylic acids is 2. The molecular weight excluding hydrogens is 280 g/mol. The third kappa shape index (κ3) is 4.64. The average molecular weight is 306 g/mol. The molecule has 2 N–H and O–H groups in total. The van der Waals surface area contributed by atoms with Gasteiger partial charge in [0.25, 0.3) is 0 Å². The Hall–Kier alpha value is -1.72. The van der Waals surface area contributed by atoms with Crippen LogP contribution in [0.3, 0.4) is 0 Å². The Morgan fingerprint density at radius 1 is 0.818 bits per heavy atom. The summed E-state index contributed by atoms with van der Waals surface area (Å²) in [5, 5.41) is 8.21. The van der Waals surface area contributed by atoms with E-state index in [1.807, 2.05) is 0 Å². The maximum Gasteiger partial charge on any atom is 0.331 e. The topological polar surface area (TPSA) is 82.9 Å². The van der Waals surface area contributed by atoms with E-state index in [-0.39, 0.29) is 0 Å². The molecule has 0 radical (unpaired) electrons. The summed E-state index contributed by atoms with van der Waals surface area (Å²) in [5.74, 6) is -0.753. The Morgan fingerprint density at radius 2 is 1.23 bits per heavy atom. The number of nitrogens with one attached hydrogen (secondary N) is 2. The second-order valence-electron chi connectivity index (χ2n) is 6.38. The first-order chi connectivity index (χ1) is 10.6. The number of hydrogen-bond donors (Lipinski definition) is 2. The van der Waals surface area contributed by atoms with Crippen molar-refractivity contribution < 1.29 is 9.59 Å². The van der Waals surface area contributed by atoms with Gasteiger partial charge < -0.3 is 0 Å². The van der Waals surface area contributed by atoms with Crippen LogP contribution in [0.25, 0.3) is 0 Å². The van der Waals surface area contributed by atoms with Gasteiger partial charge in [0.15, 0.2) is 0 Å². The van der Waals surface area contributed by atoms with E-state index in [1.54, 1.807) is 0 Å². The van der Waals surface area contributed by atoms with Crippen LogP contribution in [0.5, 0.6) is 0 Å². The highest BCUT2D eigenvalue weighted by atomic mass is 16.2. The highest BCUT2D eigenvalue weighted by Crippen LogP contribution is 2.21. The van der Waals surface area contributed by atoms with Gasteiger partial charge in [-0.3, -0.25) is 9.59 Å². The average Bonchev–Trinajstić information content (AvgIpc) is 2.52. The number of amides is 2. The Morgan fingerprint density at radius 3 is 1.59 bits per heavy atom. The van der Waals surface area contributed by atoms with Crippen molar-refractivity contribution in [2.24, 2.45) is 22.0 Å². The second-order valence-corrected chi connectivity index (χ2v) is 6.38. The summed E-state index contributed by atoms with van der Waals surface area (Å²) in [4.78, 5) is 23.5. The minimum absolute atomic E-state index is 0.375. The van der Waals surface area contributed by atoms with E-state index in [1.165, 1.54) is 12.8 Å². The van der Waals surface area contributed by atoms with Crippen LogP contribution in [0.2, 0.25) is 0 Å². The normalized spacial score (nSPS) is 29.4. The van der Waals surface area contributed by atoms with Crippen LogP contribution in [-0.2, 0) is 9.59 Å². The van der Waals surface area contributed by atoms with Crippen molar-refractivity contribution in [1.29, 1.82) is 0 Å². The van der Waals surface area contributed by atoms with E-state index in [9.17, 15) is 9.59 Å². The molecule has 2 rings (SSSR count). The molecule has 0 aromatic heterocycles. The lowest BCUT2D eigenvalue weighted by molar-refractivity contribution is -0.139. The van der Waals surface area contributed by atoms with Crippen LogP contribution in [-0.4, -0.2) is 23.2 Å². The van der Waals surface area contributed by atoms with Gasteiger partial charge in [-0.1, -0.05) is 26.7 Å². The molecule has 0 unspecified atom stereocenters. The SMILES string of the molecule is C[C@H]1CCCC/C1=N/NC(=O)C(=O)N/N=C1/CCCC[C@@H]1C. The molecule has 0 aromatic rings. The van der Waals surface area contributed by atoms with Gasteiger partial charge in [0.05, 0.1) is 0 Å². The number of carbonyl (C=O) groups is 2. The molecule has 2 aliphatic carbocycles. The summed E-state index contributed by atoms with van der Waals surface area (Å²) >= 11 is 0. The van der Waals surface area contributed by atoms with Crippen molar-refractivity contribution in [3.63, 3.8) is 0 Å². The van der Waals surface area contributed by atoms with Crippen molar-refractivity contribution >= 4 is 23.2 Å². The third-order valence-electron chi connectivity index (χ3n) is 4.59. The summed E-state index contributed by atoms with van der Waals surface area (Å²) in [7, 11) is 0. The summed E-state index contributed by atoms with van der Waals surface area (Å²) < 4.78 is 0. The third-order valence-corrected chi connectivity index (χ3v) is 4.59. The fraction of sp³-hybridized carbons (Fsp3) is 0.750. The van der Waals surface area contributed by atoms with E-state index < -0.39 is 11.8 Å². The van der Waals surface area contributed by atoms with Crippen LogP contribution < -0.4 is 10.9 Å². The zero-order chi connectivity index (χ0) is 15.9. The molecule has 0 aromatic carbocycles. The Kier molecular flexibility index (Phi) is 6.10. The van der Waals surface area contributed by atoms with Gasteiger partial charge in [-0.25, -0.2) is 10.9 Å². The molecule has 6 heteroatoms. The predicted molar refractivity (Wildman–Crippen MR) is 86.4 cm³/mol. The van der Waals surface area contributed by atoms with E-state index >= 15 is 0 Å². The predicted octanol–water partition coefficient (Wildman–Crippen LogP) is 2.35. The minimum atomic E-state index is -0.752. The molecule has 2 aliphatic rings. The Bertz CT molecular complexity index is 441. The summed E-state index contributed by atoms with van der Waals surface area (Å²) in [6, 6.07) is 0. The van der Waals surface area contributed by atoms with Crippen LogP contribution in [0.4, 0.5) is 0 Å². The highest BCUT2D eigenvalue weighted by molar-refractivity contribution is 6.35. The Labute approximate surface area is 131 Å². The van der Waals surface area contributed by atoms with Crippen LogP contribution in [0, 0.1) is 11.8 Å². The van der Waals surface area contributed by atoms with Crippen LogP contribution in [0.15, 0.2) is 10.2 Å². The van der Waals surface area contributed by atoms with E-state index in [4.69, 9.17) is 0 Å². The smallest absolute Gasteiger partial charge is 0.262 e. The molecule has 122 valence electrons. The van der Waals surface area contributed by atoms with Crippen molar-refractivity contribution in [3.05, 3.63) is 0 Å². The number of rotatable bonds is 2. The van der Waals surface area contributed by atoms with Gasteiger partial charge in [-0.15, -0.1) is 0 Å². The lowest BCUT2D eigenvalue weighted by Crippen LogP contribution is -2.37. The number of hydrogen-bond acceptors (Lipinski definition) is 4. The first-order valence-electron chi connectivity index (χ1n) is 8.31. The molecule has 0 aliphatic heterocycles. The fourth-order valence-corrected chi connectivity index (χ4v) is 3.02. The molecule has 6 nitrogen and oxygen atoms in total. The zero-order valence-corrected chi connectivity index (χ0v) is 13.5. The van der Waals surface area contributed by atoms with E-state index in [0.29, 0.717) is 11.8 Å². The molecular formula is C16H26N4O2. The quantitative estimate of drug-likeness (QED) is 0.606. The van der Waals surface area contributed by atoms with Gasteiger partial charge in [0.2, 0.25) is 0 Å². The summed E-state index contributed by atoms with van der Waals surface area (Å²) in [6.45, 7) is 4.20. The molecule has 0 heterocycles. The van der Waals surface area contributed by atoms with Crippen molar-refractivity contribution in [2.45, 2.75) is 65.2 Å². The summed E-state index contributed by atoms with van der Waals surface area (Å²) in [6.07, 6.45) is 8.55. The molecule has 2 amide bonds. The molecule has 22 heavy (non-hydrogen) atoms. The van der Waals surface area contributed by atoms with Gasteiger partial charge in [0.1, 0.15) is 0 Å². The lowest BCUT2D eigenvalue weighted by atomic mass is 9.89. The molecule has 2 saturated carbocycles. The molecule has 0 saturated heterocycles. The van der Waals surface area contributed by atoms with Gasteiger partial charge in [-0.05, 0) is 50.4 Å². The zero-order valence-electron chi connectivity index (χ0n) is 13.5. The summed E-state index contributed by atoms with van der Waals surface area (Å²) in [5.41, 5.74) is 6.64. The molecule has 0 bridgehead atoms. The van der Waals surface area contributed by atoms with Crippen molar-refractivity contribution in [1.82, 2.24) is 10.9 Å². The molecule has 2 fully saturated rings. The first-order valence-corrected chi connectivity index (χ1v) is 8.31. The monoisotopic (exact) mass is 306 g/mol. The van der Waals surface area contributed by atoms with E-state index in [2.05, 4.69) is 34.9 Å². The van der Waals surface area contributed by atoms with Crippen LogP contribution in [0.1, 0.15) is 65.2 Å². The minimum Gasteiger partial charge on any atom is -0.262 e. The largest absolute Gasteiger partial charge is 0.331 e. The first kappa shape index (κ1) is 16.6.